The van der Waals surface area contributed by atoms with Gasteiger partial charge >= 0.3 is 0 Å². The van der Waals surface area contributed by atoms with E-state index in [4.69, 9.17) is 4.74 Å². The van der Waals surface area contributed by atoms with E-state index in [0.29, 0.717) is 13.0 Å². The lowest BCUT2D eigenvalue weighted by Crippen LogP contribution is -2.33. The number of aliphatic hydroxyl groups excluding tert-OH is 1. The molecule has 0 saturated carbocycles. The molecule has 2 aromatic rings. The number of benzene rings is 2. The van der Waals surface area contributed by atoms with Gasteiger partial charge in [-0.15, -0.1) is 0 Å². The van der Waals surface area contributed by atoms with Crippen molar-refractivity contribution in [1.82, 2.24) is 4.90 Å². The van der Waals surface area contributed by atoms with Crippen LogP contribution in [0, 0.1) is 5.82 Å². The molecule has 1 aliphatic rings. The van der Waals surface area contributed by atoms with Crippen molar-refractivity contribution in [2.75, 3.05) is 13.2 Å². The molecule has 0 spiro atoms. The highest BCUT2D eigenvalue weighted by Gasteiger charge is 2.35. The lowest BCUT2D eigenvalue weighted by atomic mass is 10.0. The Morgan fingerprint density at radius 3 is 2.72 bits per heavy atom. The fourth-order valence-corrected chi connectivity index (χ4v) is 3.27. The van der Waals surface area contributed by atoms with Crippen molar-refractivity contribution in [2.45, 2.75) is 31.9 Å². The van der Waals surface area contributed by atoms with Gasteiger partial charge in [0.25, 0.3) is 0 Å². The average molecular weight is 343 g/mol. The first kappa shape index (κ1) is 17.4. The molecule has 1 heterocycles. The Kier molecular flexibility index (Phi) is 5.34. The topological polar surface area (TPSA) is 49.8 Å². The summed E-state index contributed by atoms with van der Waals surface area (Å²) in [4.78, 5) is 14.4. The first-order valence-corrected chi connectivity index (χ1v) is 8.51. The fraction of sp³-hybridized carbons (Fsp3) is 0.350. The molecular formula is C20H22FNO3. The second-order valence-corrected chi connectivity index (χ2v) is 6.26. The quantitative estimate of drug-likeness (QED) is 0.908. The molecule has 1 fully saturated rings. The van der Waals surface area contributed by atoms with Gasteiger partial charge in [0.2, 0.25) is 5.91 Å². The van der Waals surface area contributed by atoms with Crippen molar-refractivity contribution < 1.29 is 19.0 Å². The Bertz CT molecular complexity index is 732. The Morgan fingerprint density at radius 1 is 1.28 bits per heavy atom. The van der Waals surface area contributed by atoms with Crippen molar-refractivity contribution in [2.24, 2.45) is 0 Å². The molecule has 1 saturated heterocycles. The van der Waals surface area contributed by atoms with E-state index in [2.05, 4.69) is 0 Å². The van der Waals surface area contributed by atoms with Crippen LogP contribution >= 0.6 is 0 Å². The molecule has 0 bridgehead atoms. The van der Waals surface area contributed by atoms with E-state index in [0.717, 1.165) is 16.9 Å². The lowest BCUT2D eigenvalue weighted by molar-refractivity contribution is -0.131. The first-order chi connectivity index (χ1) is 12.1. The number of amides is 1. The van der Waals surface area contributed by atoms with E-state index in [1.807, 2.05) is 31.2 Å². The molecule has 2 aromatic carbocycles. The zero-order valence-electron chi connectivity index (χ0n) is 14.2. The molecular weight excluding hydrogens is 321 g/mol. The number of halogens is 1. The number of carbonyl (C=O) groups excluding carboxylic acids is 1. The van der Waals surface area contributed by atoms with E-state index in [1.54, 1.807) is 17.0 Å². The van der Waals surface area contributed by atoms with Gasteiger partial charge in [0.1, 0.15) is 11.6 Å². The number of carbonyl (C=O) groups is 1. The van der Waals surface area contributed by atoms with Crippen molar-refractivity contribution >= 4 is 5.91 Å². The third-order valence-electron chi connectivity index (χ3n) is 4.42. The van der Waals surface area contributed by atoms with Gasteiger partial charge in [0.05, 0.1) is 25.2 Å². The number of likely N-dealkylation sites (tertiary alicyclic amines) is 1. The maximum atomic E-state index is 13.5. The van der Waals surface area contributed by atoms with Crippen LogP contribution in [0.3, 0.4) is 0 Å². The van der Waals surface area contributed by atoms with Crippen LogP contribution in [0.2, 0.25) is 0 Å². The van der Waals surface area contributed by atoms with Gasteiger partial charge in [-0.3, -0.25) is 4.79 Å². The molecule has 0 aromatic heterocycles. The van der Waals surface area contributed by atoms with Crippen LogP contribution in [-0.4, -0.2) is 35.2 Å². The zero-order chi connectivity index (χ0) is 17.8. The van der Waals surface area contributed by atoms with Gasteiger partial charge in [0, 0.05) is 6.54 Å². The van der Waals surface area contributed by atoms with Crippen LogP contribution in [0.15, 0.2) is 48.5 Å². The molecule has 0 aliphatic carbocycles. The van der Waals surface area contributed by atoms with Crippen LogP contribution in [-0.2, 0) is 11.2 Å². The van der Waals surface area contributed by atoms with Gasteiger partial charge in [0.15, 0.2) is 0 Å². The molecule has 0 unspecified atom stereocenters. The second kappa shape index (κ2) is 7.66. The molecule has 132 valence electrons. The average Bonchev–Trinajstić information content (AvgIpc) is 2.99. The van der Waals surface area contributed by atoms with Crippen LogP contribution in [0.25, 0.3) is 0 Å². The van der Waals surface area contributed by atoms with Crippen molar-refractivity contribution in [3.63, 3.8) is 0 Å². The van der Waals surface area contributed by atoms with Gasteiger partial charge in [-0.1, -0.05) is 24.3 Å². The smallest absolute Gasteiger partial charge is 0.227 e. The van der Waals surface area contributed by atoms with Crippen LogP contribution in [0.1, 0.15) is 30.5 Å². The van der Waals surface area contributed by atoms with Gasteiger partial charge < -0.3 is 14.7 Å². The maximum absolute atomic E-state index is 13.5. The molecule has 1 amide bonds. The molecule has 1 N–H and O–H groups in total. The Balaban J connectivity index is 1.73. The van der Waals surface area contributed by atoms with Crippen LogP contribution < -0.4 is 4.74 Å². The highest BCUT2D eigenvalue weighted by Crippen LogP contribution is 2.33. The summed E-state index contributed by atoms with van der Waals surface area (Å²) in [5.74, 6) is 0.362. The summed E-state index contributed by atoms with van der Waals surface area (Å²) >= 11 is 0. The van der Waals surface area contributed by atoms with Gasteiger partial charge in [-0.05, 0) is 48.7 Å². The number of rotatable bonds is 5. The van der Waals surface area contributed by atoms with Gasteiger partial charge in [-0.25, -0.2) is 4.39 Å². The zero-order valence-corrected chi connectivity index (χ0v) is 14.2. The van der Waals surface area contributed by atoms with Gasteiger partial charge in [-0.2, -0.15) is 0 Å². The summed E-state index contributed by atoms with van der Waals surface area (Å²) in [6.07, 6.45) is 0.0844. The monoisotopic (exact) mass is 343 g/mol. The highest BCUT2D eigenvalue weighted by molar-refractivity contribution is 5.79. The first-order valence-electron chi connectivity index (χ1n) is 8.51. The van der Waals surface area contributed by atoms with E-state index in [1.165, 1.54) is 12.1 Å². The highest BCUT2D eigenvalue weighted by atomic mass is 19.1. The molecule has 5 heteroatoms. The third kappa shape index (κ3) is 4.17. The van der Waals surface area contributed by atoms with E-state index in [-0.39, 0.29) is 30.7 Å². The summed E-state index contributed by atoms with van der Waals surface area (Å²) in [6, 6.07) is 13.4. The van der Waals surface area contributed by atoms with Crippen molar-refractivity contribution in [1.29, 1.82) is 0 Å². The summed E-state index contributed by atoms with van der Waals surface area (Å²) in [5.41, 5.74) is 1.60. The number of ether oxygens (including phenoxy) is 1. The van der Waals surface area contributed by atoms with Crippen LogP contribution in [0.4, 0.5) is 4.39 Å². The number of hydrogen-bond donors (Lipinski definition) is 1. The summed E-state index contributed by atoms with van der Waals surface area (Å²) < 4.78 is 18.9. The standard InChI is InChI=1S/C20H22FNO3/c1-2-25-18-8-6-14(7-9-18)10-20(24)22-13-17(23)12-19(22)15-4-3-5-16(21)11-15/h3-9,11,17,19,23H,2,10,12-13H2,1H3/t17-,19+/m1/s1. The molecule has 2 atom stereocenters. The summed E-state index contributed by atoms with van der Waals surface area (Å²) in [7, 11) is 0. The minimum Gasteiger partial charge on any atom is -0.494 e. The fourth-order valence-electron chi connectivity index (χ4n) is 3.27. The van der Waals surface area contributed by atoms with Crippen molar-refractivity contribution in [3.05, 3.63) is 65.5 Å². The second-order valence-electron chi connectivity index (χ2n) is 6.26. The number of β-amino-alcohol motifs (C(OH)–C–C–N with tert-alkyl or cyclic N) is 1. The third-order valence-corrected chi connectivity index (χ3v) is 4.42. The Morgan fingerprint density at radius 2 is 2.04 bits per heavy atom. The predicted octanol–water partition coefficient (Wildman–Crippen LogP) is 3.10. The lowest BCUT2D eigenvalue weighted by Gasteiger charge is -2.25. The molecule has 25 heavy (non-hydrogen) atoms. The Labute approximate surface area is 146 Å². The molecule has 0 radical (unpaired) electrons. The number of aliphatic hydroxyl groups is 1. The van der Waals surface area contributed by atoms with E-state index < -0.39 is 6.10 Å². The SMILES string of the molecule is CCOc1ccc(CC(=O)N2C[C@H](O)C[C@H]2c2cccc(F)c2)cc1. The summed E-state index contributed by atoms with van der Waals surface area (Å²) in [6.45, 7) is 2.79. The molecule has 3 rings (SSSR count). The largest absolute Gasteiger partial charge is 0.494 e. The predicted molar refractivity (Wildman–Crippen MR) is 92.8 cm³/mol. The Hall–Kier alpha value is -2.40. The van der Waals surface area contributed by atoms with Crippen LogP contribution in [0.5, 0.6) is 5.75 Å². The van der Waals surface area contributed by atoms with Crippen molar-refractivity contribution in [3.8, 4) is 5.75 Å². The van der Waals surface area contributed by atoms with E-state index in [9.17, 15) is 14.3 Å². The van der Waals surface area contributed by atoms with E-state index >= 15 is 0 Å². The molecule has 1 aliphatic heterocycles. The number of hydrogen-bond acceptors (Lipinski definition) is 3. The minimum atomic E-state index is -0.586. The normalized spacial score (nSPS) is 19.9. The maximum Gasteiger partial charge on any atom is 0.227 e. The summed E-state index contributed by atoms with van der Waals surface area (Å²) in [5, 5.41) is 10.0. The molecule has 4 nitrogen and oxygen atoms in total. The minimum absolute atomic E-state index is 0.0741. The number of nitrogens with zero attached hydrogens (tertiary/aromatic N) is 1.